The molecule has 1 unspecified atom stereocenters. The lowest BCUT2D eigenvalue weighted by atomic mass is 10.1. The standard InChI is InChI=1S/C13H18BrFO/c1-10(5-7-14)6-8-16-13-9-12(15)4-3-11(13)2/h3-4,9-10H,5-8H2,1-2H3. The number of halogens is 2. The summed E-state index contributed by atoms with van der Waals surface area (Å²) in [6, 6.07) is 4.65. The number of benzene rings is 1. The highest BCUT2D eigenvalue weighted by Crippen LogP contribution is 2.19. The van der Waals surface area contributed by atoms with Crippen molar-refractivity contribution in [1.29, 1.82) is 0 Å². The average Bonchev–Trinajstić information content (AvgIpc) is 2.23. The third-order valence-electron chi connectivity index (χ3n) is 2.62. The maximum Gasteiger partial charge on any atom is 0.126 e. The van der Waals surface area contributed by atoms with Crippen molar-refractivity contribution in [1.82, 2.24) is 0 Å². The summed E-state index contributed by atoms with van der Waals surface area (Å²) in [4.78, 5) is 0. The normalized spacial score (nSPS) is 12.5. The van der Waals surface area contributed by atoms with Crippen LogP contribution in [0, 0.1) is 18.7 Å². The number of hydrogen-bond donors (Lipinski definition) is 0. The fourth-order valence-electron chi connectivity index (χ4n) is 1.43. The van der Waals surface area contributed by atoms with Gasteiger partial charge in [0, 0.05) is 11.4 Å². The Morgan fingerprint density at radius 3 is 2.81 bits per heavy atom. The van der Waals surface area contributed by atoms with Crippen molar-refractivity contribution >= 4 is 15.9 Å². The van der Waals surface area contributed by atoms with Gasteiger partial charge >= 0.3 is 0 Å². The number of aryl methyl sites for hydroxylation is 1. The van der Waals surface area contributed by atoms with Gasteiger partial charge in [-0.05, 0) is 37.3 Å². The topological polar surface area (TPSA) is 9.23 Å². The van der Waals surface area contributed by atoms with Crippen LogP contribution < -0.4 is 4.74 Å². The van der Waals surface area contributed by atoms with E-state index < -0.39 is 0 Å². The van der Waals surface area contributed by atoms with Gasteiger partial charge in [-0.25, -0.2) is 4.39 Å². The molecule has 0 radical (unpaired) electrons. The van der Waals surface area contributed by atoms with Crippen molar-refractivity contribution < 1.29 is 9.13 Å². The summed E-state index contributed by atoms with van der Waals surface area (Å²) in [5, 5.41) is 1.02. The van der Waals surface area contributed by atoms with E-state index in [-0.39, 0.29) is 5.82 Å². The molecule has 0 fully saturated rings. The molecule has 0 heterocycles. The van der Waals surface area contributed by atoms with E-state index in [0.29, 0.717) is 18.3 Å². The number of alkyl halides is 1. The van der Waals surface area contributed by atoms with Gasteiger partial charge in [-0.3, -0.25) is 0 Å². The van der Waals surface area contributed by atoms with E-state index in [9.17, 15) is 4.39 Å². The molecule has 3 heteroatoms. The largest absolute Gasteiger partial charge is 0.493 e. The molecule has 0 aromatic heterocycles. The minimum atomic E-state index is -0.242. The molecule has 0 spiro atoms. The Balaban J connectivity index is 2.39. The lowest BCUT2D eigenvalue weighted by molar-refractivity contribution is 0.279. The van der Waals surface area contributed by atoms with Gasteiger partial charge in [0.2, 0.25) is 0 Å². The van der Waals surface area contributed by atoms with E-state index in [1.54, 1.807) is 6.07 Å². The van der Waals surface area contributed by atoms with Crippen LogP contribution in [-0.2, 0) is 0 Å². The third kappa shape index (κ3) is 4.52. The smallest absolute Gasteiger partial charge is 0.126 e. The summed E-state index contributed by atoms with van der Waals surface area (Å²) in [5.41, 5.74) is 0.981. The van der Waals surface area contributed by atoms with Crippen molar-refractivity contribution in [3.63, 3.8) is 0 Å². The molecular formula is C13H18BrFO. The van der Waals surface area contributed by atoms with E-state index in [0.717, 1.165) is 23.7 Å². The van der Waals surface area contributed by atoms with E-state index >= 15 is 0 Å². The minimum absolute atomic E-state index is 0.242. The van der Waals surface area contributed by atoms with Gasteiger partial charge in [0.15, 0.2) is 0 Å². The van der Waals surface area contributed by atoms with Crippen molar-refractivity contribution in [2.24, 2.45) is 5.92 Å². The first-order chi connectivity index (χ1) is 7.63. The van der Waals surface area contributed by atoms with Crippen LogP contribution in [0.3, 0.4) is 0 Å². The van der Waals surface area contributed by atoms with Crippen LogP contribution in [0.1, 0.15) is 25.3 Å². The summed E-state index contributed by atoms with van der Waals surface area (Å²) in [7, 11) is 0. The zero-order valence-corrected chi connectivity index (χ0v) is 11.4. The molecule has 0 amide bonds. The van der Waals surface area contributed by atoms with E-state index in [1.165, 1.54) is 12.1 Å². The summed E-state index contributed by atoms with van der Waals surface area (Å²) in [6.07, 6.45) is 2.15. The molecule has 1 aromatic carbocycles. The maximum absolute atomic E-state index is 13.0. The Bertz CT molecular complexity index is 328. The molecule has 0 saturated carbocycles. The van der Waals surface area contributed by atoms with Crippen molar-refractivity contribution in [3.8, 4) is 5.75 Å². The molecule has 0 N–H and O–H groups in total. The zero-order valence-electron chi connectivity index (χ0n) is 9.80. The van der Waals surface area contributed by atoms with Crippen LogP contribution in [-0.4, -0.2) is 11.9 Å². The lowest BCUT2D eigenvalue weighted by Crippen LogP contribution is -2.05. The third-order valence-corrected chi connectivity index (χ3v) is 3.08. The summed E-state index contributed by atoms with van der Waals surface area (Å²) < 4.78 is 18.5. The van der Waals surface area contributed by atoms with Crippen LogP contribution in [0.5, 0.6) is 5.75 Å². The zero-order chi connectivity index (χ0) is 12.0. The number of hydrogen-bond acceptors (Lipinski definition) is 1. The average molecular weight is 289 g/mol. The van der Waals surface area contributed by atoms with E-state index in [2.05, 4.69) is 22.9 Å². The Kier molecular flexibility index (Phi) is 5.81. The maximum atomic E-state index is 13.0. The van der Waals surface area contributed by atoms with E-state index in [1.807, 2.05) is 6.92 Å². The molecular weight excluding hydrogens is 271 g/mol. The van der Waals surface area contributed by atoms with Gasteiger partial charge in [0.1, 0.15) is 11.6 Å². The van der Waals surface area contributed by atoms with Crippen LogP contribution in [0.4, 0.5) is 4.39 Å². The number of rotatable bonds is 6. The van der Waals surface area contributed by atoms with Gasteiger partial charge in [-0.2, -0.15) is 0 Å². The predicted molar refractivity (Wildman–Crippen MR) is 68.8 cm³/mol. The van der Waals surface area contributed by atoms with Crippen LogP contribution in [0.25, 0.3) is 0 Å². The van der Waals surface area contributed by atoms with E-state index in [4.69, 9.17) is 4.74 Å². The molecule has 1 rings (SSSR count). The first-order valence-corrected chi connectivity index (χ1v) is 6.70. The summed E-state index contributed by atoms with van der Waals surface area (Å²) >= 11 is 3.42. The van der Waals surface area contributed by atoms with Gasteiger partial charge in [0.05, 0.1) is 6.61 Å². The second-order valence-corrected chi connectivity index (χ2v) is 4.92. The molecule has 90 valence electrons. The van der Waals surface area contributed by atoms with Crippen molar-refractivity contribution in [2.75, 3.05) is 11.9 Å². The SMILES string of the molecule is Cc1ccc(F)cc1OCCC(C)CCBr. The fourth-order valence-corrected chi connectivity index (χ4v) is 2.21. The molecule has 0 aliphatic heterocycles. The molecule has 0 saturated heterocycles. The minimum Gasteiger partial charge on any atom is -0.493 e. The molecule has 16 heavy (non-hydrogen) atoms. The second kappa shape index (κ2) is 6.89. The Morgan fingerprint density at radius 2 is 2.12 bits per heavy atom. The second-order valence-electron chi connectivity index (χ2n) is 4.13. The van der Waals surface area contributed by atoms with Crippen LogP contribution in [0.2, 0.25) is 0 Å². The Hall–Kier alpha value is -0.570. The highest BCUT2D eigenvalue weighted by atomic mass is 79.9. The summed E-state index contributed by atoms with van der Waals surface area (Å²) in [6.45, 7) is 4.78. The summed E-state index contributed by atoms with van der Waals surface area (Å²) in [5.74, 6) is 1.05. The lowest BCUT2D eigenvalue weighted by Gasteiger charge is -2.12. The first kappa shape index (κ1) is 13.5. The highest BCUT2D eigenvalue weighted by Gasteiger charge is 2.04. The molecule has 1 nitrogen and oxygen atoms in total. The van der Waals surface area contributed by atoms with Gasteiger partial charge < -0.3 is 4.74 Å². The monoisotopic (exact) mass is 288 g/mol. The molecule has 0 aliphatic rings. The first-order valence-electron chi connectivity index (χ1n) is 5.58. The predicted octanol–water partition coefficient (Wildman–Crippen LogP) is 4.32. The van der Waals surface area contributed by atoms with Crippen molar-refractivity contribution in [3.05, 3.63) is 29.6 Å². The van der Waals surface area contributed by atoms with Gasteiger partial charge in [-0.15, -0.1) is 0 Å². The van der Waals surface area contributed by atoms with Crippen LogP contribution in [0.15, 0.2) is 18.2 Å². The van der Waals surface area contributed by atoms with Crippen molar-refractivity contribution in [2.45, 2.75) is 26.7 Å². The van der Waals surface area contributed by atoms with Gasteiger partial charge in [-0.1, -0.05) is 28.9 Å². The molecule has 1 aromatic rings. The molecule has 0 aliphatic carbocycles. The fraction of sp³-hybridized carbons (Fsp3) is 0.538. The van der Waals surface area contributed by atoms with Gasteiger partial charge in [0.25, 0.3) is 0 Å². The Labute approximate surface area is 105 Å². The highest BCUT2D eigenvalue weighted by molar-refractivity contribution is 9.09. The number of ether oxygens (including phenoxy) is 1. The quantitative estimate of drug-likeness (QED) is 0.708. The Morgan fingerprint density at radius 1 is 1.38 bits per heavy atom. The molecule has 1 atom stereocenters. The molecule has 0 bridgehead atoms. The van der Waals surface area contributed by atoms with Crippen LogP contribution >= 0.6 is 15.9 Å².